The fraction of sp³-hybridized carbons (Fsp3) is 0.793. The third kappa shape index (κ3) is 5.02. The summed E-state index contributed by atoms with van der Waals surface area (Å²) < 4.78 is 17.8. The Morgan fingerprint density at radius 2 is 1.60 bits per heavy atom. The minimum Gasteiger partial charge on any atom is -0.492 e. The van der Waals surface area contributed by atoms with Gasteiger partial charge < -0.3 is 14.2 Å². The first kappa shape index (κ1) is 24.2. The predicted molar refractivity (Wildman–Crippen MR) is 133 cm³/mol. The second-order valence-electron chi connectivity index (χ2n) is 11.7. The van der Waals surface area contributed by atoms with Crippen molar-refractivity contribution in [2.45, 2.75) is 75.6 Å². The highest BCUT2D eigenvalue weighted by molar-refractivity contribution is 5.36. The highest BCUT2D eigenvalue weighted by atomic mass is 17.2. The minimum atomic E-state index is -0.509. The molecule has 0 spiro atoms. The third-order valence-corrected chi connectivity index (χ3v) is 9.71. The molecule has 6 heteroatoms. The van der Waals surface area contributed by atoms with E-state index in [4.69, 9.17) is 24.0 Å². The molecule has 6 aliphatic rings. The number of rotatable bonds is 9. The summed E-state index contributed by atoms with van der Waals surface area (Å²) in [5.74, 6) is 3.83. The average Bonchev–Trinajstić information content (AvgIpc) is 2.90. The van der Waals surface area contributed by atoms with Gasteiger partial charge in [0.25, 0.3) is 0 Å². The molecule has 6 nitrogen and oxygen atoms in total. The summed E-state index contributed by atoms with van der Waals surface area (Å²) in [5, 5.41) is 0. The molecule has 4 bridgehead atoms. The molecule has 0 radical (unpaired) electrons. The maximum atomic E-state index is 6.31. The molecule has 35 heavy (non-hydrogen) atoms. The summed E-state index contributed by atoms with van der Waals surface area (Å²) in [6.07, 6.45) is 10.8. The number of hydrogen-bond acceptors (Lipinski definition) is 6. The van der Waals surface area contributed by atoms with Crippen LogP contribution < -0.4 is 4.74 Å². The average molecular weight is 486 g/mol. The van der Waals surface area contributed by atoms with Gasteiger partial charge in [0, 0.05) is 38.6 Å². The van der Waals surface area contributed by atoms with E-state index in [0.29, 0.717) is 17.8 Å². The van der Waals surface area contributed by atoms with Crippen LogP contribution in [0, 0.1) is 23.7 Å². The van der Waals surface area contributed by atoms with Gasteiger partial charge in [0.05, 0.1) is 19.3 Å². The lowest BCUT2D eigenvalue weighted by Gasteiger charge is -2.58. The summed E-state index contributed by atoms with van der Waals surface area (Å²) in [5.41, 5.74) is 1.35. The summed E-state index contributed by atoms with van der Waals surface area (Å²) in [4.78, 5) is 14.9. The second-order valence-corrected chi connectivity index (χ2v) is 11.7. The van der Waals surface area contributed by atoms with Gasteiger partial charge in [-0.05, 0) is 87.2 Å². The zero-order valence-corrected chi connectivity index (χ0v) is 21.4. The van der Waals surface area contributed by atoms with Crippen molar-refractivity contribution in [2.75, 3.05) is 46.6 Å². The second kappa shape index (κ2) is 10.7. The maximum Gasteiger partial charge on any atom is 0.207 e. The largest absolute Gasteiger partial charge is 0.492 e. The van der Waals surface area contributed by atoms with E-state index in [1.807, 2.05) is 7.11 Å². The van der Waals surface area contributed by atoms with E-state index in [2.05, 4.69) is 29.2 Å². The lowest BCUT2D eigenvalue weighted by Crippen LogP contribution is -2.60. The predicted octanol–water partition coefficient (Wildman–Crippen LogP) is 5.17. The molecule has 1 aromatic carbocycles. The molecule has 1 aromatic rings. The van der Waals surface area contributed by atoms with Crippen molar-refractivity contribution in [3.8, 4) is 5.75 Å². The van der Waals surface area contributed by atoms with E-state index in [0.717, 1.165) is 82.7 Å². The van der Waals surface area contributed by atoms with Gasteiger partial charge in [0.1, 0.15) is 12.4 Å². The van der Waals surface area contributed by atoms with E-state index < -0.39 is 5.79 Å². The molecule has 0 atom stereocenters. The molecule has 6 fully saturated rings. The number of nitrogens with zero attached hydrogens (tertiary/aromatic N) is 1. The van der Waals surface area contributed by atoms with Gasteiger partial charge in [-0.15, -0.1) is 0 Å². The standard InChI is InChI=1S/C29H43NO5/c1-31-29(24-17-21-16-22(19-24)20-25(29)18-21)35-34-26-8-6-23(7-9-26)27-4-2-3-5-28(27)33-15-12-30-10-13-32-14-11-30/h2-5,21-26H,6-20H2,1H3/t21?,22?,23-,24?,25?,26+,29?. The molecule has 0 unspecified atom stereocenters. The lowest BCUT2D eigenvalue weighted by atomic mass is 9.53. The molecule has 0 aromatic heterocycles. The Morgan fingerprint density at radius 3 is 2.29 bits per heavy atom. The van der Waals surface area contributed by atoms with E-state index in [1.54, 1.807) is 0 Å². The Balaban J connectivity index is 1.00. The van der Waals surface area contributed by atoms with Crippen LogP contribution in [0.25, 0.3) is 0 Å². The molecule has 7 rings (SSSR count). The number of benzene rings is 1. The monoisotopic (exact) mass is 485 g/mol. The van der Waals surface area contributed by atoms with Crippen LogP contribution in [0.2, 0.25) is 0 Å². The van der Waals surface area contributed by atoms with Gasteiger partial charge in [-0.3, -0.25) is 4.90 Å². The van der Waals surface area contributed by atoms with Crippen molar-refractivity contribution in [3.63, 3.8) is 0 Å². The summed E-state index contributed by atoms with van der Waals surface area (Å²) in [6, 6.07) is 8.62. The summed E-state index contributed by atoms with van der Waals surface area (Å²) in [7, 11) is 1.83. The van der Waals surface area contributed by atoms with Gasteiger partial charge in [0.2, 0.25) is 5.79 Å². The first-order valence-electron chi connectivity index (χ1n) is 14.1. The van der Waals surface area contributed by atoms with Crippen molar-refractivity contribution in [3.05, 3.63) is 29.8 Å². The van der Waals surface area contributed by atoms with Crippen LogP contribution in [-0.2, 0) is 19.2 Å². The Kier molecular flexibility index (Phi) is 7.37. The topological polar surface area (TPSA) is 49.4 Å². The molecule has 1 aliphatic heterocycles. The SMILES string of the molecule is COC1(OO[C@H]2CC[C@@H](c3ccccc3OCCN3CCOCC3)CC2)C2CC3CC(C2)CC1C3. The normalized spacial score (nSPS) is 39.1. The van der Waals surface area contributed by atoms with Gasteiger partial charge in [-0.25, -0.2) is 9.78 Å². The van der Waals surface area contributed by atoms with Crippen molar-refractivity contribution >= 4 is 0 Å². The Bertz CT molecular complexity index is 804. The quantitative estimate of drug-likeness (QED) is 0.273. The van der Waals surface area contributed by atoms with E-state index in [1.165, 1.54) is 37.7 Å². The Morgan fingerprint density at radius 1 is 0.914 bits per heavy atom. The molecule has 194 valence electrons. The van der Waals surface area contributed by atoms with Crippen LogP contribution in [0.5, 0.6) is 5.75 Å². The van der Waals surface area contributed by atoms with Gasteiger partial charge >= 0.3 is 0 Å². The van der Waals surface area contributed by atoms with E-state index in [-0.39, 0.29) is 6.10 Å². The van der Waals surface area contributed by atoms with Gasteiger partial charge in [-0.1, -0.05) is 18.2 Å². The number of morpholine rings is 1. The molecule has 1 saturated heterocycles. The fourth-order valence-electron chi connectivity index (χ4n) is 8.02. The molecular weight excluding hydrogens is 442 g/mol. The van der Waals surface area contributed by atoms with E-state index >= 15 is 0 Å². The number of para-hydroxylation sites is 1. The van der Waals surface area contributed by atoms with Gasteiger partial charge in [-0.2, -0.15) is 0 Å². The van der Waals surface area contributed by atoms with Crippen LogP contribution >= 0.6 is 0 Å². The van der Waals surface area contributed by atoms with Crippen LogP contribution in [-0.4, -0.2) is 63.4 Å². The van der Waals surface area contributed by atoms with E-state index in [9.17, 15) is 0 Å². The van der Waals surface area contributed by atoms with Crippen molar-refractivity contribution in [1.29, 1.82) is 0 Å². The molecule has 5 aliphatic carbocycles. The highest BCUT2D eigenvalue weighted by Gasteiger charge is 2.60. The first-order chi connectivity index (χ1) is 17.2. The summed E-state index contributed by atoms with van der Waals surface area (Å²) >= 11 is 0. The highest BCUT2D eigenvalue weighted by Crippen LogP contribution is 2.60. The zero-order chi connectivity index (χ0) is 23.7. The number of ether oxygens (including phenoxy) is 3. The number of methoxy groups -OCH3 is 1. The van der Waals surface area contributed by atoms with Crippen LogP contribution in [0.3, 0.4) is 0 Å². The smallest absolute Gasteiger partial charge is 0.207 e. The zero-order valence-electron chi connectivity index (χ0n) is 21.4. The van der Waals surface area contributed by atoms with Crippen molar-refractivity contribution < 1.29 is 24.0 Å². The first-order valence-corrected chi connectivity index (χ1v) is 14.1. The molecule has 1 heterocycles. The fourth-order valence-corrected chi connectivity index (χ4v) is 8.02. The van der Waals surface area contributed by atoms with Crippen molar-refractivity contribution in [2.24, 2.45) is 23.7 Å². The minimum absolute atomic E-state index is 0.157. The van der Waals surface area contributed by atoms with Crippen LogP contribution in [0.15, 0.2) is 24.3 Å². The van der Waals surface area contributed by atoms with Gasteiger partial charge in [0.15, 0.2) is 0 Å². The Labute approximate surface area is 210 Å². The Hall–Kier alpha value is -1.18. The van der Waals surface area contributed by atoms with Crippen LogP contribution in [0.1, 0.15) is 69.3 Å². The molecule has 0 N–H and O–H groups in total. The van der Waals surface area contributed by atoms with Crippen LogP contribution in [0.4, 0.5) is 0 Å². The third-order valence-electron chi connectivity index (χ3n) is 9.71. The molecular formula is C29H43NO5. The molecule has 5 saturated carbocycles. The lowest BCUT2D eigenvalue weighted by molar-refractivity contribution is -0.485. The number of hydrogen-bond donors (Lipinski definition) is 0. The maximum absolute atomic E-state index is 6.31. The molecule has 0 amide bonds. The van der Waals surface area contributed by atoms with Crippen molar-refractivity contribution in [1.82, 2.24) is 4.90 Å². The summed E-state index contributed by atoms with van der Waals surface area (Å²) in [6.45, 7) is 5.36.